The van der Waals surface area contributed by atoms with E-state index in [0.29, 0.717) is 31.1 Å². The number of aryl methyl sites for hydroxylation is 1. The van der Waals surface area contributed by atoms with Gasteiger partial charge < -0.3 is 14.6 Å². The summed E-state index contributed by atoms with van der Waals surface area (Å²) < 4.78 is 34.7. The van der Waals surface area contributed by atoms with E-state index in [9.17, 15) is 8.42 Å². The predicted octanol–water partition coefficient (Wildman–Crippen LogP) is 0.592. The summed E-state index contributed by atoms with van der Waals surface area (Å²) >= 11 is 0. The number of nitrogens with one attached hydrogen (secondary N) is 2. The lowest BCUT2D eigenvalue weighted by molar-refractivity contribution is 0.178. The minimum absolute atomic E-state index is 0.307. The van der Waals surface area contributed by atoms with Crippen LogP contribution < -0.4 is 10.0 Å². The fourth-order valence-corrected chi connectivity index (χ4v) is 3.80. The van der Waals surface area contributed by atoms with E-state index >= 15 is 0 Å². The first-order chi connectivity index (χ1) is 9.36. The van der Waals surface area contributed by atoms with E-state index in [4.69, 9.17) is 4.74 Å². The molecule has 0 aliphatic carbocycles. The van der Waals surface area contributed by atoms with Gasteiger partial charge in [0.25, 0.3) is 0 Å². The van der Waals surface area contributed by atoms with Crippen LogP contribution in [0.5, 0.6) is 0 Å². The molecule has 0 saturated carbocycles. The minimum Gasteiger partial charge on any atom is -0.379 e. The lowest BCUT2D eigenvalue weighted by Crippen LogP contribution is -2.46. The molecule has 2 rings (SSSR count). The van der Waals surface area contributed by atoms with Crippen LogP contribution >= 0.6 is 0 Å². The number of nitrogens with zero attached hydrogens (tertiary/aromatic N) is 1. The molecule has 1 saturated heterocycles. The van der Waals surface area contributed by atoms with Gasteiger partial charge in [0.1, 0.15) is 0 Å². The molecule has 1 atom stereocenters. The maximum Gasteiger partial charge on any atom is 0.242 e. The van der Waals surface area contributed by atoms with E-state index in [-0.39, 0.29) is 0 Å². The molecule has 6 nitrogen and oxygen atoms in total. The fourth-order valence-electron chi connectivity index (χ4n) is 2.28. The zero-order valence-electron chi connectivity index (χ0n) is 12.3. The first kappa shape index (κ1) is 15.5. The standard InChI is InChI=1S/C13H23N3O3S/c1-4-14-8-11-7-12(9-16(11)3)20(17,18)15-13(2)5-6-19-10-13/h7,9,14-15H,4-6,8,10H2,1-3H3. The number of aromatic nitrogens is 1. The Morgan fingerprint density at radius 2 is 2.25 bits per heavy atom. The van der Waals surface area contributed by atoms with Crippen molar-refractivity contribution in [3.05, 3.63) is 18.0 Å². The van der Waals surface area contributed by atoms with Gasteiger partial charge in [-0.25, -0.2) is 13.1 Å². The quantitative estimate of drug-likeness (QED) is 0.807. The molecule has 0 amide bonds. The van der Waals surface area contributed by atoms with Crippen LogP contribution in [0, 0.1) is 0 Å². The molecular formula is C13H23N3O3S. The van der Waals surface area contributed by atoms with E-state index in [0.717, 1.165) is 12.2 Å². The van der Waals surface area contributed by atoms with Gasteiger partial charge in [0.2, 0.25) is 10.0 Å². The first-order valence-electron chi connectivity index (χ1n) is 6.84. The topological polar surface area (TPSA) is 72.4 Å². The molecule has 7 heteroatoms. The maximum absolute atomic E-state index is 12.4. The Bertz CT molecular complexity index is 559. The molecule has 2 heterocycles. The van der Waals surface area contributed by atoms with Crippen molar-refractivity contribution in [3.8, 4) is 0 Å². The van der Waals surface area contributed by atoms with E-state index < -0.39 is 15.6 Å². The molecule has 1 unspecified atom stereocenters. The van der Waals surface area contributed by atoms with Gasteiger partial charge >= 0.3 is 0 Å². The van der Waals surface area contributed by atoms with E-state index in [2.05, 4.69) is 10.0 Å². The largest absolute Gasteiger partial charge is 0.379 e. The number of sulfonamides is 1. The van der Waals surface area contributed by atoms with Gasteiger partial charge in [-0.1, -0.05) is 6.92 Å². The summed E-state index contributed by atoms with van der Waals surface area (Å²) in [6.07, 6.45) is 2.34. The Hall–Kier alpha value is -0.890. The van der Waals surface area contributed by atoms with Crippen LogP contribution in [-0.2, 0) is 28.4 Å². The predicted molar refractivity (Wildman–Crippen MR) is 77.0 cm³/mol. The maximum atomic E-state index is 12.4. The lowest BCUT2D eigenvalue weighted by Gasteiger charge is -2.22. The summed E-state index contributed by atoms with van der Waals surface area (Å²) in [4.78, 5) is 0.307. The second-order valence-corrected chi connectivity index (χ2v) is 7.21. The summed E-state index contributed by atoms with van der Waals surface area (Å²) in [6, 6.07) is 1.71. The summed E-state index contributed by atoms with van der Waals surface area (Å²) in [6.45, 7) is 6.41. The van der Waals surface area contributed by atoms with E-state index in [1.165, 1.54) is 0 Å². The third-order valence-corrected chi connectivity index (χ3v) is 5.15. The summed E-state index contributed by atoms with van der Waals surface area (Å²) in [5.41, 5.74) is 0.441. The number of ether oxygens (including phenoxy) is 1. The summed E-state index contributed by atoms with van der Waals surface area (Å²) in [5.74, 6) is 0. The molecule has 2 N–H and O–H groups in total. The Balaban J connectivity index is 2.17. The third-order valence-electron chi connectivity index (χ3n) is 3.55. The van der Waals surface area contributed by atoms with Crippen molar-refractivity contribution in [3.63, 3.8) is 0 Å². The lowest BCUT2D eigenvalue weighted by atomic mass is 10.0. The number of hydrogen-bond acceptors (Lipinski definition) is 4. The highest BCUT2D eigenvalue weighted by atomic mass is 32.2. The summed E-state index contributed by atoms with van der Waals surface area (Å²) in [5, 5.41) is 3.19. The third kappa shape index (κ3) is 3.41. The van der Waals surface area contributed by atoms with Crippen LogP contribution in [0.25, 0.3) is 0 Å². The zero-order valence-corrected chi connectivity index (χ0v) is 13.1. The van der Waals surface area contributed by atoms with Crippen LogP contribution in [-0.4, -0.2) is 38.3 Å². The average molecular weight is 301 g/mol. The van der Waals surface area contributed by atoms with Crippen molar-refractivity contribution < 1.29 is 13.2 Å². The fraction of sp³-hybridized carbons (Fsp3) is 0.692. The number of rotatable bonds is 6. The van der Waals surface area contributed by atoms with Crippen molar-refractivity contribution in [2.45, 2.75) is 37.2 Å². The molecule has 0 radical (unpaired) electrons. The smallest absolute Gasteiger partial charge is 0.242 e. The normalized spacial score (nSPS) is 23.4. The monoisotopic (exact) mass is 301 g/mol. The van der Waals surface area contributed by atoms with Gasteiger partial charge in [-0.05, 0) is 26.0 Å². The molecule has 0 aromatic carbocycles. The molecule has 0 bridgehead atoms. The van der Waals surface area contributed by atoms with Crippen molar-refractivity contribution in [2.75, 3.05) is 19.8 Å². The van der Waals surface area contributed by atoms with Crippen molar-refractivity contribution in [1.82, 2.24) is 14.6 Å². The minimum atomic E-state index is -3.51. The highest BCUT2D eigenvalue weighted by Gasteiger charge is 2.35. The van der Waals surface area contributed by atoms with Gasteiger partial charge in [0.15, 0.2) is 0 Å². The van der Waals surface area contributed by atoms with Crippen LogP contribution in [0.1, 0.15) is 26.0 Å². The average Bonchev–Trinajstić information content (AvgIpc) is 2.93. The van der Waals surface area contributed by atoms with Crippen molar-refractivity contribution >= 4 is 10.0 Å². The van der Waals surface area contributed by atoms with E-state index in [1.807, 2.05) is 25.5 Å². The molecule has 114 valence electrons. The highest BCUT2D eigenvalue weighted by molar-refractivity contribution is 7.89. The number of hydrogen-bond donors (Lipinski definition) is 2. The van der Waals surface area contributed by atoms with Crippen LogP contribution in [0.2, 0.25) is 0 Å². The molecule has 20 heavy (non-hydrogen) atoms. The Morgan fingerprint density at radius 1 is 1.50 bits per heavy atom. The molecule has 1 aromatic heterocycles. The SMILES string of the molecule is CCNCc1cc(S(=O)(=O)NC2(C)CCOC2)cn1C. The Kier molecular flexibility index (Phi) is 4.53. The van der Waals surface area contributed by atoms with Gasteiger partial charge in [-0.2, -0.15) is 0 Å². The molecule has 1 aliphatic heterocycles. The molecule has 1 aromatic rings. The van der Waals surface area contributed by atoms with Gasteiger partial charge in [-0.3, -0.25) is 0 Å². The second kappa shape index (κ2) is 5.85. The van der Waals surface area contributed by atoms with Crippen molar-refractivity contribution in [2.24, 2.45) is 7.05 Å². The van der Waals surface area contributed by atoms with Crippen LogP contribution in [0.4, 0.5) is 0 Å². The van der Waals surface area contributed by atoms with Gasteiger partial charge in [0, 0.05) is 32.1 Å². The second-order valence-electron chi connectivity index (χ2n) is 5.53. The first-order valence-corrected chi connectivity index (χ1v) is 8.32. The van der Waals surface area contributed by atoms with Crippen LogP contribution in [0.15, 0.2) is 17.2 Å². The van der Waals surface area contributed by atoms with Gasteiger partial charge in [-0.15, -0.1) is 0 Å². The van der Waals surface area contributed by atoms with Gasteiger partial charge in [0.05, 0.1) is 17.0 Å². The van der Waals surface area contributed by atoms with E-state index in [1.54, 1.807) is 12.3 Å². The molecule has 1 fully saturated rings. The summed E-state index contributed by atoms with van der Waals surface area (Å²) in [7, 11) is -1.65. The molecular weight excluding hydrogens is 278 g/mol. The highest BCUT2D eigenvalue weighted by Crippen LogP contribution is 2.22. The zero-order chi connectivity index (χ0) is 14.8. The Morgan fingerprint density at radius 3 is 2.85 bits per heavy atom. The van der Waals surface area contributed by atoms with Crippen molar-refractivity contribution in [1.29, 1.82) is 0 Å². The molecule has 0 spiro atoms. The Labute approximate surface area is 120 Å². The van der Waals surface area contributed by atoms with Crippen LogP contribution in [0.3, 0.4) is 0 Å². The molecule has 1 aliphatic rings.